The Morgan fingerprint density at radius 2 is 1.68 bits per heavy atom. The van der Waals surface area contributed by atoms with Crippen molar-refractivity contribution >= 4 is 35.4 Å². The van der Waals surface area contributed by atoms with Crippen molar-refractivity contribution in [3.05, 3.63) is 51.2 Å². The van der Waals surface area contributed by atoms with Gasteiger partial charge in [-0.25, -0.2) is 0 Å². The Balaban J connectivity index is 1.95. The van der Waals surface area contributed by atoms with Gasteiger partial charge in [-0.1, -0.05) is 30.3 Å². The van der Waals surface area contributed by atoms with Crippen LogP contribution < -0.4 is 16.2 Å². The van der Waals surface area contributed by atoms with Crippen LogP contribution in [-0.4, -0.2) is 58.6 Å². The Labute approximate surface area is 211 Å². The lowest BCUT2D eigenvalue weighted by Crippen LogP contribution is -2.59. The number of hydrogen-bond acceptors (Lipinski definition) is 13. The Morgan fingerprint density at radius 1 is 1.05 bits per heavy atom. The van der Waals surface area contributed by atoms with Gasteiger partial charge in [0.25, 0.3) is 5.56 Å². The number of carbonyl (C=O) groups excluding carboxylic acids is 3. The second-order valence-electron chi connectivity index (χ2n) is 8.12. The van der Waals surface area contributed by atoms with E-state index in [0.29, 0.717) is 6.54 Å². The Morgan fingerprint density at radius 3 is 2.27 bits per heavy atom. The van der Waals surface area contributed by atoms with Crippen molar-refractivity contribution < 1.29 is 33.3 Å². The van der Waals surface area contributed by atoms with E-state index in [1.807, 2.05) is 30.3 Å². The molecule has 2 heterocycles. The van der Waals surface area contributed by atoms with E-state index in [2.05, 4.69) is 20.8 Å². The number of hydrogen-bond donors (Lipinski definition) is 2. The largest absolute Gasteiger partial charge is 0.456 e. The molecule has 3 rings (SSSR count). The zero-order valence-corrected chi connectivity index (χ0v) is 20.6. The number of esters is 3. The van der Waals surface area contributed by atoms with Gasteiger partial charge in [-0.3, -0.25) is 23.7 Å². The van der Waals surface area contributed by atoms with Crippen LogP contribution in [-0.2, 0) is 46.9 Å². The van der Waals surface area contributed by atoms with Gasteiger partial charge in [0.1, 0.15) is 0 Å². The fraction of sp³-hybridized carbons (Fsp3) is 0.435. The normalized spacial score (nSPS) is 20.9. The van der Waals surface area contributed by atoms with Crippen molar-refractivity contribution in [1.82, 2.24) is 9.55 Å². The van der Waals surface area contributed by atoms with Gasteiger partial charge in [-0.2, -0.15) is 4.98 Å². The average molecular weight is 517 g/mol. The minimum absolute atomic E-state index is 0.109. The first-order valence-electron chi connectivity index (χ1n) is 11.2. The van der Waals surface area contributed by atoms with Gasteiger partial charge in [-0.05, 0) is 10.7 Å². The molecule has 1 aromatic carbocycles. The Hall–Kier alpha value is -4.33. The number of nitrogens with one attached hydrogen (secondary N) is 2. The summed E-state index contributed by atoms with van der Waals surface area (Å²) in [4.78, 5) is 63.9. The number of anilines is 2. The second kappa shape index (κ2) is 12.1. The third-order valence-electron chi connectivity index (χ3n) is 5.28. The number of nitrogens with zero attached hydrogens (tertiary/aromatic N) is 3. The number of aromatic nitrogens is 2. The van der Waals surface area contributed by atoms with Crippen LogP contribution in [0.5, 0.6) is 0 Å². The minimum atomic E-state index is -1.34. The molecule has 2 aromatic rings. The molecular weight excluding hydrogens is 490 g/mol. The molecule has 4 atom stereocenters. The molecule has 1 saturated heterocycles. The third-order valence-corrected chi connectivity index (χ3v) is 5.28. The molecular formula is C23H27N5O9. The predicted octanol–water partition coefficient (Wildman–Crippen LogP) is 1.35. The van der Waals surface area contributed by atoms with Crippen LogP contribution in [0.3, 0.4) is 0 Å². The first-order valence-corrected chi connectivity index (χ1v) is 11.2. The smallest absolute Gasteiger partial charge is 0.303 e. The minimum Gasteiger partial charge on any atom is -0.456 e. The number of ether oxygens (including phenoxy) is 4. The number of carbonyl (C=O) groups is 3. The highest BCUT2D eigenvalue weighted by Gasteiger charge is 2.47. The summed E-state index contributed by atoms with van der Waals surface area (Å²) in [5.41, 5.74) is -0.392. The van der Waals surface area contributed by atoms with E-state index in [1.165, 1.54) is 7.05 Å². The van der Waals surface area contributed by atoms with Crippen molar-refractivity contribution in [2.24, 2.45) is 12.2 Å². The van der Waals surface area contributed by atoms with Gasteiger partial charge >= 0.3 is 17.9 Å². The van der Waals surface area contributed by atoms with E-state index in [9.17, 15) is 24.1 Å². The molecule has 1 aliphatic rings. The van der Waals surface area contributed by atoms with Crippen molar-refractivity contribution in [3.63, 3.8) is 0 Å². The summed E-state index contributed by atoms with van der Waals surface area (Å²) in [6.07, 6.45) is -4.95. The van der Waals surface area contributed by atoms with Gasteiger partial charge in [-0.15, -0.1) is 4.91 Å². The van der Waals surface area contributed by atoms with Gasteiger partial charge in [0.05, 0.1) is 6.61 Å². The van der Waals surface area contributed by atoms with Crippen LogP contribution in [0.1, 0.15) is 26.3 Å². The summed E-state index contributed by atoms with van der Waals surface area (Å²) >= 11 is 0. The summed E-state index contributed by atoms with van der Waals surface area (Å²) in [5.74, 6) is -2.30. The van der Waals surface area contributed by atoms with Crippen molar-refractivity contribution in [2.45, 2.75) is 51.9 Å². The molecule has 0 amide bonds. The van der Waals surface area contributed by atoms with Gasteiger partial charge in [0.2, 0.25) is 11.6 Å². The van der Waals surface area contributed by atoms with Crippen LogP contribution in [0.15, 0.2) is 40.3 Å². The van der Waals surface area contributed by atoms with E-state index < -0.39 is 53.7 Å². The number of rotatable bonds is 9. The highest BCUT2D eigenvalue weighted by molar-refractivity contribution is 5.69. The molecule has 2 N–H and O–H groups in total. The molecule has 0 radical (unpaired) electrons. The fourth-order valence-electron chi connectivity index (χ4n) is 3.71. The Kier molecular flexibility index (Phi) is 8.90. The monoisotopic (exact) mass is 517 g/mol. The first-order chi connectivity index (χ1) is 17.6. The number of nitroso groups, excluding NO2 is 1. The van der Waals surface area contributed by atoms with Gasteiger partial charge < -0.3 is 29.6 Å². The molecule has 0 unspecified atom stereocenters. The van der Waals surface area contributed by atoms with Crippen molar-refractivity contribution in [2.75, 3.05) is 17.2 Å². The summed E-state index contributed by atoms with van der Waals surface area (Å²) in [7, 11) is 1.42. The maximum absolute atomic E-state index is 12.8. The first kappa shape index (κ1) is 27.3. The van der Waals surface area contributed by atoms with Crippen molar-refractivity contribution in [1.29, 1.82) is 0 Å². The number of benzene rings is 1. The van der Waals surface area contributed by atoms with E-state index in [1.54, 1.807) is 0 Å². The third kappa shape index (κ3) is 6.88. The Bertz CT molecular complexity index is 1220. The molecule has 0 spiro atoms. The maximum atomic E-state index is 12.8. The van der Waals surface area contributed by atoms with E-state index >= 15 is 0 Å². The summed E-state index contributed by atoms with van der Waals surface area (Å²) in [6, 6.07) is 9.32. The van der Waals surface area contributed by atoms with Gasteiger partial charge in [0, 0.05) is 34.4 Å². The van der Waals surface area contributed by atoms with E-state index in [4.69, 9.17) is 18.9 Å². The SMILES string of the molecule is CC(=O)O[C@@H]1[C@H](OC(C)=O)[C@@H](OC(C)=O)CO[C@@H]1Nc1nc(NCc2ccccc2)n(C)c(=O)c1N=O. The fourth-order valence-corrected chi connectivity index (χ4v) is 3.71. The predicted molar refractivity (Wildman–Crippen MR) is 129 cm³/mol. The van der Waals surface area contributed by atoms with Crippen LogP contribution in [0.4, 0.5) is 17.5 Å². The quantitative estimate of drug-likeness (QED) is 0.278. The zero-order valence-electron chi connectivity index (χ0n) is 20.6. The van der Waals surface area contributed by atoms with E-state index in [-0.39, 0.29) is 18.4 Å². The average Bonchev–Trinajstić information content (AvgIpc) is 2.84. The molecule has 1 fully saturated rings. The maximum Gasteiger partial charge on any atom is 0.303 e. The van der Waals surface area contributed by atoms with Crippen LogP contribution in [0.2, 0.25) is 0 Å². The molecule has 0 saturated carbocycles. The second-order valence-corrected chi connectivity index (χ2v) is 8.12. The molecule has 198 valence electrons. The standard InChI is InChI=1S/C23H27N5O9/c1-12(29)35-16-11-34-21(19(37-14(3)31)18(16)36-13(2)30)25-20-17(27-33)22(32)28(4)23(26-20)24-10-15-8-6-5-7-9-15/h5-9,16,18-19,21,25H,10-11H2,1-4H3,(H,24,26)/t16-,18+,19+,21-/m0/s1. The van der Waals surface area contributed by atoms with Crippen LogP contribution in [0, 0.1) is 4.91 Å². The zero-order chi connectivity index (χ0) is 27.1. The molecule has 1 aliphatic heterocycles. The molecule has 14 nitrogen and oxygen atoms in total. The summed E-state index contributed by atoms with van der Waals surface area (Å²) in [5, 5.41) is 8.58. The van der Waals surface area contributed by atoms with Crippen LogP contribution in [0.25, 0.3) is 0 Å². The lowest BCUT2D eigenvalue weighted by molar-refractivity contribution is -0.221. The molecule has 37 heavy (non-hydrogen) atoms. The van der Waals surface area contributed by atoms with Crippen molar-refractivity contribution in [3.8, 4) is 0 Å². The summed E-state index contributed by atoms with van der Waals surface area (Å²) < 4.78 is 22.6. The highest BCUT2D eigenvalue weighted by atomic mass is 16.6. The highest BCUT2D eigenvalue weighted by Crippen LogP contribution is 2.28. The topological polar surface area (TPSA) is 177 Å². The lowest BCUT2D eigenvalue weighted by Gasteiger charge is -2.40. The molecule has 14 heteroatoms. The lowest BCUT2D eigenvalue weighted by atomic mass is 10.0. The summed E-state index contributed by atoms with van der Waals surface area (Å²) in [6.45, 7) is 3.47. The molecule has 1 aromatic heterocycles. The van der Waals surface area contributed by atoms with Gasteiger partial charge in [0.15, 0.2) is 30.4 Å². The molecule has 0 bridgehead atoms. The van der Waals surface area contributed by atoms with Crippen LogP contribution >= 0.6 is 0 Å². The molecule has 0 aliphatic carbocycles. The van der Waals surface area contributed by atoms with E-state index in [0.717, 1.165) is 30.9 Å².